The summed E-state index contributed by atoms with van der Waals surface area (Å²) in [5.74, 6) is 0.0249. The van der Waals surface area contributed by atoms with Crippen molar-refractivity contribution in [2.45, 2.75) is 19.9 Å². The lowest BCUT2D eigenvalue weighted by atomic mass is 10.1. The Bertz CT molecular complexity index is 600. The van der Waals surface area contributed by atoms with Gasteiger partial charge in [-0.05, 0) is 31.5 Å². The number of aromatic amines is 1. The van der Waals surface area contributed by atoms with Crippen LogP contribution in [-0.4, -0.2) is 9.78 Å². The predicted octanol–water partition coefficient (Wildman–Crippen LogP) is 1.82. The molecule has 0 aliphatic heterocycles. The quantitative estimate of drug-likeness (QED) is 0.833. The molecule has 2 aromatic rings. The van der Waals surface area contributed by atoms with Crippen LogP contribution in [0.1, 0.15) is 24.1 Å². The maximum absolute atomic E-state index is 13.1. The van der Waals surface area contributed by atoms with Gasteiger partial charge in [-0.15, -0.1) is 0 Å². The number of aromatic nitrogens is 2. The molecule has 0 fully saturated rings. The highest BCUT2D eigenvalue weighted by molar-refractivity contribution is 5.36. The SMILES string of the molecule is Cc1c(N)[nH]n(C(C)c2cccc(F)c2)c1=O. The Morgan fingerprint density at radius 1 is 1.47 bits per heavy atom. The predicted molar refractivity (Wildman–Crippen MR) is 64.4 cm³/mol. The van der Waals surface area contributed by atoms with Crippen molar-refractivity contribution in [2.75, 3.05) is 5.73 Å². The standard InChI is InChI=1S/C12H14FN3O/c1-7-11(14)15-16(12(7)17)8(2)9-4-3-5-10(13)6-9/h3-6,8,15H,14H2,1-2H3. The van der Waals surface area contributed by atoms with Gasteiger partial charge in [-0.1, -0.05) is 12.1 Å². The highest BCUT2D eigenvalue weighted by atomic mass is 19.1. The minimum atomic E-state index is -0.321. The molecule has 1 aromatic heterocycles. The zero-order valence-corrected chi connectivity index (χ0v) is 9.70. The lowest BCUT2D eigenvalue weighted by molar-refractivity contribution is 0.542. The monoisotopic (exact) mass is 235 g/mol. The van der Waals surface area contributed by atoms with E-state index in [2.05, 4.69) is 5.10 Å². The number of anilines is 1. The Morgan fingerprint density at radius 2 is 2.18 bits per heavy atom. The van der Waals surface area contributed by atoms with E-state index in [1.54, 1.807) is 19.1 Å². The van der Waals surface area contributed by atoms with E-state index in [1.807, 2.05) is 6.92 Å². The van der Waals surface area contributed by atoms with Crippen LogP contribution in [0, 0.1) is 12.7 Å². The molecular weight excluding hydrogens is 221 g/mol. The van der Waals surface area contributed by atoms with E-state index in [9.17, 15) is 9.18 Å². The Morgan fingerprint density at radius 3 is 2.71 bits per heavy atom. The lowest BCUT2D eigenvalue weighted by Gasteiger charge is -2.12. The number of nitrogen functional groups attached to an aromatic ring is 1. The number of nitrogens with one attached hydrogen (secondary N) is 1. The smallest absolute Gasteiger partial charge is 0.272 e. The van der Waals surface area contributed by atoms with Gasteiger partial charge in [-0.25, -0.2) is 9.07 Å². The van der Waals surface area contributed by atoms with Crippen LogP contribution in [0.25, 0.3) is 0 Å². The summed E-state index contributed by atoms with van der Waals surface area (Å²) in [6.45, 7) is 3.47. The summed E-state index contributed by atoms with van der Waals surface area (Å²) in [6.07, 6.45) is 0. The topological polar surface area (TPSA) is 63.8 Å². The number of hydrogen-bond acceptors (Lipinski definition) is 2. The Kier molecular flexibility index (Phi) is 2.75. The van der Waals surface area contributed by atoms with Crippen LogP contribution >= 0.6 is 0 Å². The number of hydrogen-bond donors (Lipinski definition) is 2. The van der Waals surface area contributed by atoms with Crippen LogP contribution in [0.15, 0.2) is 29.1 Å². The minimum Gasteiger partial charge on any atom is -0.384 e. The first-order chi connectivity index (χ1) is 8.00. The second-order valence-corrected chi connectivity index (χ2v) is 4.06. The maximum atomic E-state index is 13.1. The fourth-order valence-electron chi connectivity index (χ4n) is 1.75. The molecule has 0 radical (unpaired) electrons. The molecule has 0 aliphatic rings. The van der Waals surface area contributed by atoms with Gasteiger partial charge in [0.25, 0.3) is 5.56 Å². The lowest BCUT2D eigenvalue weighted by Crippen LogP contribution is -2.22. The van der Waals surface area contributed by atoms with Gasteiger partial charge in [0, 0.05) is 0 Å². The van der Waals surface area contributed by atoms with Gasteiger partial charge in [-0.2, -0.15) is 0 Å². The molecule has 1 unspecified atom stereocenters. The number of nitrogens with zero attached hydrogens (tertiary/aromatic N) is 1. The van der Waals surface area contributed by atoms with Crippen molar-refractivity contribution in [1.29, 1.82) is 0 Å². The summed E-state index contributed by atoms with van der Waals surface area (Å²) in [5.41, 5.74) is 6.65. The molecule has 0 spiro atoms. The first kappa shape index (κ1) is 11.4. The van der Waals surface area contributed by atoms with Gasteiger partial charge >= 0.3 is 0 Å². The molecular formula is C12H14FN3O. The van der Waals surface area contributed by atoms with E-state index in [0.717, 1.165) is 0 Å². The van der Waals surface area contributed by atoms with Gasteiger partial charge in [0.15, 0.2) is 0 Å². The van der Waals surface area contributed by atoms with Gasteiger partial charge < -0.3 is 5.73 Å². The summed E-state index contributed by atoms with van der Waals surface area (Å²) in [4.78, 5) is 11.8. The third-order valence-corrected chi connectivity index (χ3v) is 2.90. The molecule has 3 N–H and O–H groups in total. The maximum Gasteiger partial charge on any atom is 0.272 e. The van der Waals surface area contributed by atoms with Crippen molar-refractivity contribution < 1.29 is 4.39 Å². The third-order valence-electron chi connectivity index (χ3n) is 2.90. The second-order valence-electron chi connectivity index (χ2n) is 4.06. The molecule has 4 nitrogen and oxygen atoms in total. The third kappa shape index (κ3) is 1.95. The van der Waals surface area contributed by atoms with Crippen LogP contribution in [-0.2, 0) is 0 Å². The molecule has 0 aliphatic carbocycles. The Hall–Kier alpha value is -2.04. The number of H-pyrrole nitrogens is 1. The van der Waals surface area contributed by atoms with Crippen molar-refractivity contribution in [3.05, 3.63) is 51.6 Å². The molecule has 0 saturated carbocycles. The molecule has 0 saturated heterocycles. The van der Waals surface area contributed by atoms with Gasteiger partial charge in [0.1, 0.15) is 11.6 Å². The molecule has 5 heteroatoms. The van der Waals surface area contributed by atoms with Crippen molar-refractivity contribution in [3.8, 4) is 0 Å². The largest absolute Gasteiger partial charge is 0.384 e. The van der Waals surface area contributed by atoms with Crippen LogP contribution in [0.5, 0.6) is 0 Å². The average Bonchev–Trinajstić information content (AvgIpc) is 2.56. The normalized spacial score (nSPS) is 12.6. The molecule has 1 atom stereocenters. The number of nitrogens with two attached hydrogens (primary N) is 1. The van der Waals surface area contributed by atoms with E-state index in [-0.39, 0.29) is 17.4 Å². The zero-order chi connectivity index (χ0) is 12.6. The molecule has 2 rings (SSSR count). The van der Waals surface area contributed by atoms with Crippen molar-refractivity contribution >= 4 is 5.82 Å². The fourth-order valence-corrected chi connectivity index (χ4v) is 1.75. The highest BCUT2D eigenvalue weighted by Crippen LogP contribution is 2.17. The second kappa shape index (κ2) is 4.08. The van der Waals surface area contributed by atoms with Gasteiger partial charge in [0.2, 0.25) is 0 Å². The highest BCUT2D eigenvalue weighted by Gasteiger charge is 2.14. The van der Waals surface area contributed by atoms with E-state index in [0.29, 0.717) is 16.9 Å². The molecule has 17 heavy (non-hydrogen) atoms. The molecule has 90 valence electrons. The van der Waals surface area contributed by atoms with Crippen LogP contribution < -0.4 is 11.3 Å². The van der Waals surface area contributed by atoms with Crippen molar-refractivity contribution in [1.82, 2.24) is 9.78 Å². The fraction of sp³-hybridized carbons (Fsp3) is 0.250. The molecule has 0 amide bonds. The van der Waals surface area contributed by atoms with Gasteiger partial charge in [-0.3, -0.25) is 9.89 Å². The van der Waals surface area contributed by atoms with Crippen molar-refractivity contribution in [2.24, 2.45) is 0 Å². The average molecular weight is 235 g/mol. The van der Waals surface area contributed by atoms with E-state index >= 15 is 0 Å². The molecule has 1 heterocycles. The number of rotatable bonds is 2. The molecule has 1 aromatic carbocycles. The summed E-state index contributed by atoms with van der Waals surface area (Å²) in [7, 11) is 0. The first-order valence-electron chi connectivity index (χ1n) is 5.32. The van der Waals surface area contributed by atoms with E-state index in [1.165, 1.54) is 16.8 Å². The van der Waals surface area contributed by atoms with Crippen LogP contribution in [0.4, 0.5) is 10.2 Å². The van der Waals surface area contributed by atoms with E-state index < -0.39 is 0 Å². The summed E-state index contributed by atoms with van der Waals surface area (Å²) in [5, 5.41) is 2.79. The van der Waals surface area contributed by atoms with Crippen LogP contribution in [0.3, 0.4) is 0 Å². The van der Waals surface area contributed by atoms with Crippen molar-refractivity contribution in [3.63, 3.8) is 0 Å². The summed E-state index contributed by atoms with van der Waals surface area (Å²) in [6, 6.07) is 5.88. The minimum absolute atomic E-state index is 0.181. The first-order valence-corrected chi connectivity index (χ1v) is 5.32. The molecule has 0 bridgehead atoms. The van der Waals surface area contributed by atoms with Gasteiger partial charge in [0.05, 0.1) is 11.6 Å². The van der Waals surface area contributed by atoms with Crippen LogP contribution in [0.2, 0.25) is 0 Å². The number of halogens is 1. The number of benzene rings is 1. The summed E-state index contributed by atoms with van der Waals surface area (Å²) < 4.78 is 14.5. The Balaban J connectivity index is 2.47. The summed E-state index contributed by atoms with van der Waals surface area (Å²) >= 11 is 0. The van der Waals surface area contributed by atoms with E-state index in [4.69, 9.17) is 5.73 Å². The Labute approximate surface area is 97.9 Å². The zero-order valence-electron chi connectivity index (χ0n) is 9.70.